The Hall–Kier alpha value is -0.300. The molecule has 1 aliphatic rings. The van der Waals surface area contributed by atoms with Crippen LogP contribution in [-0.2, 0) is 0 Å². The van der Waals surface area contributed by atoms with Gasteiger partial charge in [-0.3, -0.25) is 0 Å². The molecule has 1 saturated carbocycles. The van der Waals surface area contributed by atoms with Crippen LogP contribution in [0, 0.1) is 5.92 Å². The third kappa shape index (κ3) is 1.60. The Kier molecular flexibility index (Phi) is 2.14. The highest BCUT2D eigenvalue weighted by molar-refractivity contribution is 5.25. The zero-order valence-corrected chi connectivity index (χ0v) is 7.15. The van der Waals surface area contributed by atoms with E-state index in [9.17, 15) is 0 Å². The molecular formula is C9H17N. The summed E-state index contributed by atoms with van der Waals surface area (Å²) < 4.78 is 0. The van der Waals surface area contributed by atoms with Crippen LogP contribution < -0.4 is 5.73 Å². The first-order valence-corrected chi connectivity index (χ1v) is 4.07. The molecule has 0 heterocycles. The van der Waals surface area contributed by atoms with Crippen molar-refractivity contribution in [3.8, 4) is 0 Å². The van der Waals surface area contributed by atoms with E-state index in [1.54, 1.807) is 5.57 Å². The van der Waals surface area contributed by atoms with Crippen molar-refractivity contribution in [1.82, 2.24) is 0 Å². The summed E-state index contributed by atoms with van der Waals surface area (Å²) in [5.74, 6) is 0.581. The van der Waals surface area contributed by atoms with Crippen molar-refractivity contribution in [3.05, 3.63) is 11.1 Å². The largest absolute Gasteiger partial charge is 0.327 e. The van der Waals surface area contributed by atoms with E-state index in [0.717, 1.165) is 0 Å². The average molecular weight is 139 g/mol. The van der Waals surface area contributed by atoms with E-state index in [0.29, 0.717) is 12.0 Å². The summed E-state index contributed by atoms with van der Waals surface area (Å²) in [5, 5.41) is 0. The lowest BCUT2D eigenvalue weighted by atomic mass is 9.95. The molecule has 0 saturated heterocycles. The van der Waals surface area contributed by atoms with Gasteiger partial charge in [0.15, 0.2) is 0 Å². The summed E-state index contributed by atoms with van der Waals surface area (Å²) in [6.45, 7) is 6.51. The summed E-state index contributed by atoms with van der Waals surface area (Å²) >= 11 is 0. The Morgan fingerprint density at radius 1 is 1.40 bits per heavy atom. The van der Waals surface area contributed by atoms with Crippen LogP contribution in [0.4, 0.5) is 0 Å². The summed E-state index contributed by atoms with van der Waals surface area (Å²) in [6.07, 6.45) is 2.64. The quantitative estimate of drug-likeness (QED) is 0.582. The maximum atomic E-state index is 5.77. The van der Waals surface area contributed by atoms with Gasteiger partial charge in [-0.15, -0.1) is 0 Å². The Bertz CT molecular complexity index is 150. The third-order valence-corrected chi connectivity index (χ3v) is 2.53. The predicted octanol–water partition coefficient (Wildman–Crippen LogP) is 2.08. The number of hydrogen-bond donors (Lipinski definition) is 1. The van der Waals surface area contributed by atoms with Gasteiger partial charge in [-0.05, 0) is 32.6 Å². The monoisotopic (exact) mass is 139 g/mol. The summed E-state index contributed by atoms with van der Waals surface area (Å²) in [7, 11) is 0. The standard InChI is InChI=1S/C9H17N/c1-6(8(3)10)7(2)9-4-5-9/h6,8H,4-5,10H2,1-3H3. The summed E-state index contributed by atoms with van der Waals surface area (Å²) in [4.78, 5) is 0. The summed E-state index contributed by atoms with van der Waals surface area (Å²) in [5.41, 5.74) is 8.95. The fraction of sp³-hybridized carbons (Fsp3) is 0.778. The Labute approximate surface area is 63.3 Å². The molecule has 0 spiro atoms. The predicted molar refractivity (Wildman–Crippen MR) is 44.7 cm³/mol. The van der Waals surface area contributed by atoms with Gasteiger partial charge in [0.1, 0.15) is 0 Å². The molecule has 2 unspecified atom stereocenters. The molecule has 2 atom stereocenters. The van der Waals surface area contributed by atoms with E-state index < -0.39 is 0 Å². The minimum Gasteiger partial charge on any atom is -0.327 e. The van der Waals surface area contributed by atoms with Crippen molar-refractivity contribution in [2.24, 2.45) is 11.7 Å². The van der Waals surface area contributed by atoms with Crippen LogP contribution in [0.25, 0.3) is 0 Å². The van der Waals surface area contributed by atoms with Crippen molar-refractivity contribution >= 4 is 0 Å². The number of nitrogens with two attached hydrogens (primary N) is 1. The molecule has 2 N–H and O–H groups in total. The van der Waals surface area contributed by atoms with E-state index in [-0.39, 0.29) is 0 Å². The van der Waals surface area contributed by atoms with E-state index in [1.165, 1.54) is 18.4 Å². The number of hydrogen-bond acceptors (Lipinski definition) is 1. The van der Waals surface area contributed by atoms with Gasteiger partial charge in [0.05, 0.1) is 0 Å². The van der Waals surface area contributed by atoms with Gasteiger partial charge in [-0.1, -0.05) is 18.1 Å². The Morgan fingerprint density at radius 3 is 2.20 bits per heavy atom. The lowest BCUT2D eigenvalue weighted by molar-refractivity contribution is 0.552. The molecule has 0 bridgehead atoms. The maximum absolute atomic E-state index is 5.77. The molecule has 0 aliphatic heterocycles. The molecule has 1 rings (SSSR count). The first kappa shape index (κ1) is 7.80. The Balaban J connectivity index is 2.56. The fourth-order valence-corrected chi connectivity index (χ4v) is 1.17. The van der Waals surface area contributed by atoms with Gasteiger partial charge < -0.3 is 5.73 Å². The second-order valence-corrected chi connectivity index (χ2v) is 3.43. The molecule has 1 fully saturated rings. The second kappa shape index (κ2) is 2.75. The molecule has 0 amide bonds. The van der Waals surface area contributed by atoms with E-state index in [2.05, 4.69) is 20.8 Å². The van der Waals surface area contributed by atoms with Gasteiger partial charge in [0, 0.05) is 6.04 Å². The highest BCUT2D eigenvalue weighted by atomic mass is 14.6. The topological polar surface area (TPSA) is 26.0 Å². The van der Waals surface area contributed by atoms with Gasteiger partial charge in [0.25, 0.3) is 0 Å². The SMILES string of the molecule is CC(=C1CC1)C(C)C(C)N. The normalized spacial score (nSPS) is 22.2. The van der Waals surface area contributed by atoms with E-state index >= 15 is 0 Å². The zero-order chi connectivity index (χ0) is 7.72. The van der Waals surface area contributed by atoms with Crippen LogP contribution in [0.5, 0.6) is 0 Å². The van der Waals surface area contributed by atoms with E-state index in [4.69, 9.17) is 5.73 Å². The van der Waals surface area contributed by atoms with Crippen molar-refractivity contribution in [2.45, 2.75) is 39.7 Å². The molecule has 0 aromatic carbocycles. The molecule has 58 valence electrons. The average Bonchev–Trinajstić information content (AvgIpc) is 2.65. The van der Waals surface area contributed by atoms with Crippen LogP contribution in [0.1, 0.15) is 33.6 Å². The van der Waals surface area contributed by atoms with Crippen molar-refractivity contribution in [3.63, 3.8) is 0 Å². The smallest absolute Gasteiger partial charge is 0.00734 e. The van der Waals surface area contributed by atoms with Gasteiger partial charge in [-0.2, -0.15) is 0 Å². The van der Waals surface area contributed by atoms with Gasteiger partial charge in [-0.25, -0.2) is 0 Å². The second-order valence-electron chi connectivity index (χ2n) is 3.43. The molecule has 0 aromatic heterocycles. The minimum absolute atomic E-state index is 0.313. The number of allylic oxidation sites excluding steroid dienone is 1. The third-order valence-electron chi connectivity index (χ3n) is 2.53. The lowest BCUT2D eigenvalue weighted by Crippen LogP contribution is -2.24. The molecule has 0 radical (unpaired) electrons. The van der Waals surface area contributed by atoms with Crippen LogP contribution in [-0.4, -0.2) is 6.04 Å². The van der Waals surface area contributed by atoms with Crippen LogP contribution in [0.3, 0.4) is 0 Å². The molecule has 1 heteroatoms. The first-order chi connectivity index (χ1) is 4.63. The van der Waals surface area contributed by atoms with Crippen LogP contribution in [0.15, 0.2) is 11.1 Å². The molecule has 1 nitrogen and oxygen atoms in total. The molecule has 10 heavy (non-hydrogen) atoms. The molecular weight excluding hydrogens is 122 g/mol. The summed E-state index contributed by atoms with van der Waals surface area (Å²) in [6, 6.07) is 0.313. The van der Waals surface area contributed by atoms with Crippen molar-refractivity contribution in [1.29, 1.82) is 0 Å². The fourth-order valence-electron chi connectivity index (χ4n) is 1.17. The maximum Gasteiger partial charge on any atom is 0.00734 e. The number of rotatable bonds is 2. The van der Waals surface area contributed by atoms with E-state index in [1.807, 2.05) is 0 Å². The molecule has 1 aliphatic carbocycles. The van der Waals surface area contributed by atoms with Crippen LogP contribution in [0.2, 0.25) is 0 Å². The molecule has 0 aromatic rings. The zero-order valence-electron chi connectivity index (χ0n) is 7.15. The van der Waals surface area contributed by atoms with Crippen molar-refractivity contribution < 1.29 is 0 Å². The van der Waals surface area contributed by atoms with Gasteiger partial charge in [0.2, 0.25) is 0 Å². The highest BCUT2D eigenvalue weighted by Crippen LogP contribution is 2.34. The van der Waals surface area contributed by atoms with Gasteiger partial charge >= 0.3 is 0 Å². The van der Waals surface area contributed by atoms with Crippen LogP contribution >= 0.6 is 0 Å². The first-order valence-electron chi connectivity index (χ1n) is 4.07. The Morgan fingerprint density at radius 2 is 1.90 bits per heavy atom. The highest BCUT2D eigenvalue weighted by Gasteiger charge is 2.19. The van der Waals surface area contributed by atoms with Crippen molar-refractivity contribution in [2.75, 3.05) is 0 Å². The minimum atomic E-state index is 0.313. The lowest BCUT2D eigenvalue weighted by Gasteiger charge is -2.15.